The summed E-state index contributed by atoms with van der Waals surface area (Å²) in [6, 6.07) is 8.13. The molecule has 2 heterocycles. The summed E-state index contributed by atoms with van der Waals surface area (Å²) in [4.78, 5) is 7.21. The first-order valence-electron chi connectivity index (χ1n) is 8.17. The van der Waals surface area contributed by atoms with Gasteiger partial charge in [-0.15, -0.1) is 0 Å². The minimum Gasteiger partial charge on any atom is -0.379 e. The second-order valence-electron chi connectivity index (χ2n) is 5.83. The van der Waals surface area contributed by atoms with Crippen molar-refractivity contribution in [2.45, 2.75) is 32.9 Å². The van der Waals surface area contributed by atoms with Crippen LogP contribution in [0.15, 0.2) is 24.3 Å². The van der Waals surface area contributed by atoms with E-state index in [4.69, 9.17) is 21.3 Å². The van der Waals surface area contributed by atoms with Gasteiger partial charge in [0, 0.05) is 31.1 Å². The van der Waals surface area contributed by atoms with Crippen molar-refractivity contribution in [3.63, 3.8) is 0 Å². The van der Waals surface area contributed by atoms with Crippen LogP contribution in [0, 0.1) is 0 Å². The molecule has 2 aromatic rings. The second-order valence-corrected chi connectivity index (χ2v) is 6.27. The second kappa shape index (κ2) is 7.43. The van der Waals surface area contributed by atoms with E-state index < -0.39 is 0 Å². The summed E-state index contributed by atoms with van der Waals surface area (Å²) in [6.07, 6.45) is 0.705. The molecule has 0 bridgehead atoms. The summed E-state index contributed by atoms with van der Waals surface area (Å²) in [5, 5.41) is 5.42. The normalized spacial score (nSPS) is 17.3. The van der Waals surface area contributed by atoms with E-state index in [1.165, 1.54) is 0 Å². The zero-order valence-corrected chi connectivity index (χ0v) is 14.5. The van der Waals surface area contributed by atoms with Crippen molar-refractivity contribution in [1.29, 1.82) is 0 Å². The van der Waals surface area contributed by atoms with Gasteiger partial charge < -0.3 is 4.74 Å². The molecule has 5 nitrogen and oxygen atoms in total. The van der Waals surface area contributed by atoms with E-state index in [0.29, 0.717) is 6.42 Å². The molecule has 1 aliphatic heterocycles. The highest BCUT2D eigenvalue weighted by Gasteiger charge is 2.23. The maximum absolute atomic E-state index is 6.06. The molecule has 0 aliphatic carbocycles. The summed E-state index contributed by atoms with van der Waals surface area (Å²) in [6.45, 7) is 8.60. The third-order valence-corrected chi connectivity index (χ3v) is 4.50. The van der Waals surface area contributed by atoms with Crippen LogP contribution in [0.25, 0.3) is 0 Å². The van der Waals surface area contributed by atoms with Gasteiger partial charge >= 0.3 is 0 Å². The maximum atomic E-state index is 6.06. The van der Waals surface area contributed by atoms with Crippen molar-refractivity contribution in [3.8, 4) is 0 Å². The Morgan fingerprint density at radius 3 is 2.78 bits per heavy atom. The summed E-state index contributed by atoms with van der Waals surface area (Å²) >= 11 is 6.06. The fraction of sp³-hybridized carbons (Fsp3) is 0.529. The summed E-state index contributed by atoms with van der Waals surface area (Å²) < 4.78 is 7.45. The quantitative estimate of drug-likeness (QED) is 0.843. The zero-order valence-electron chi connectivity index (χ0n) is 13.7. The highest BCUT2D eigenvalue weighted by molar-refractivity contribution is 6.30. The van der Waals surface area contributed by atoms with Gasteiger partial charge in [-0.25, -0.2) is 9.67 Å². The monoisotopic (exact) mass is 334 g/mol. The SMILES string of the molecule is CCn1nc(Cc2cccc(Cl)c2)nc1C(C)N1CCOCC1. The average Bonchev–Trinajstić information content (AvgIpc) is 2.98. The average molecular weight is 335 g/mol. The van der Waals surface area contributed by atoms with Gasteiger partial charge in [0.2, 0.25) is 0 Å². The Kier molecular flexibility index (Phi) is 5.30. The van der Waals surface area contributed by atoms with Gasteiger partial charge in [0.05, 0.1) is 19.3 Å². The zero-order chi connectivity index (χ0) is 16.2. The number of halogens is 1. The summed E-state index contributed by atoms with van der Waals surface area (Å²) in [5.74, 6) is 1.88. The molecule has 1 atom stereocenters. The largest absolute Gasteiger partial charge is 0.379 e. The Bertz CT molecular complexity index is 652. The minimum absolute atomic E-state index is 0.250. The van der Waals surface area contributed by atoms with Gasteiger partial charge in [0.1, 0.15) is 5.82 Å². The Hall–Kier alpha value is -1.43. The lowest BCUT2D eigenvalue weighted by atomic mass is 10.1. The first-order chi connectivity index (χ1) is 11.2. The van der Waals surface area contributed by atoms with Gasteiger partial charge in [0.25, 0.3) is 0 Å². The van der Waals surface area contributed by atoms with E-state index in [1.807, 2.05) is 22.9 Å². The van der Waals surface area contributed by atoms with E-state index >= 15 is 0 Å². The van der Waals surface area contributed by atoms with Crippen molar-refractivity contribution in [2.24, 2.45) is 0 Å². The fourth-order valence-corrected chi connectivity index (χ4v) is 3.19. The molecule has 124 valence electrons. The van der Waals surface area contributed by atoms with Crippen molar-refractivity contribution in [2.75, 3.05) is 26.3 Å². The molecule has 0 spiro atoms. The lowest BCUT2D eigenvalue weighted by Gasteiger charge is -2.31. The van der Waals surface area contributed by atoms with Crippen LogP contribution in [0.4, 0.5) is 0 Å². The molecule has 1 unspecified atom stereocenters. The van der Waals surface area contributed by atoms with E-state index in [0.717, 1.165) is 55.1 Å². The highest BCUT2D eigenvalue weighted by Crippen LogP contribution is 2.21. The topological polar surface area (TPSA) is 43.2 Å². The lowest BCUT2D eigenvalue weighted by molar-refractivity contribution is 0.0173. The Morgan fingerprint density at radius 1 is 1.30 bits per heavy atom. The summed E-state index contributed by atoms with van der Waals surface area (Å²) in [7, 11) is 0. The van der Waals surface area contributed by atoms with Crippen LogP contribution in [-0.4, -0.2) is 46.0 Å². The Morgan fingerprint density at radius 2 is 2.09 bits per heavy atom. The fourth-order valence-electron chi connectivity index (χ4n) is 2.98. The van der Waals surface area contributed by atoms with Crippen LogP contribution in [0.1, 0.15) is 37.1 Å². The van der Waals surface area contributed by atoms with Crippen molar-refractivity contribution < 1.29 is 4.74 Å². The molecule has 0 saturated carbocycles. The van der Waals surface area contributed by atoms with Crippen LogP contribution < -0.4 is 0 Å². The molecule has 1 fully saturated rings. The van der Waals surface area contributed by atoms with E-state index in [9.17, 15) is 0 Å². The maximum Gasteiger partial charge on any atom is 0.155 e. The van der Waals surface area contributed by atoms with Gasteiger partial charge in [-0.2, -0.15) is 5.10 Å². The number of rotatable bonds is 5. The van der Waals surface area contributed by atoms with Gasteiger partial charge in [-0.1, -0.05) is 23.7 Å². The number of nitrogens with zero attached hydrogens (tertiary/aromatic N) is 4. The minimum atomic E-state index is 0.250. The van der Waals surface area contributed by atoms with E-state index in [2.05, 4.69) is 29.9 Å². The highest BCUT2D eigenvalue weighted by atomic mass is 35.5. The van der Waals surface area contributed by atoms with Crippen molar-refractivity contribution in [1.82, 2.24) is 19.7 Å². The summed E-state index contributed by atoms with van der Waals surface area (Å²) in [5.41, 5.74) is 1.14. The number of hydrogen-bond donors (Lipinski definition) is 0. The molecule has 1 saturated heterocycles. The first-order valence-corrected chi connectivity index (χ1v) is 8.55. The van der Waals surface area contributed by atoms with Crippen LogP contribution in [-0.2, 0) is 17.7 Å². The predicted molar refractivity (Wildman–Crippen MR) is 90.8 cm³/mol. The molecule has 0 N–H and O–H groups in total. The van der Waals surface area contributed by atoms with Crippen LogP contribution in [0.2, 0.25) is 5.02 Å². The molecule has 1 aliphatic rings. The molecule has 3 rings (SSSR count). The van der Waals surface area contributed by atoms with Crippen LogP contribution in [0.3, 0.4) is 0 Å². The molecule has 1 aromatic carbocycles. The molecule has 23 heavy (non-hydrogen) atoms. The lowest BCUT2D eigenvalue weighted by Crippen LogP contribution is -2.39. The van der Waals surface area contributed by atoms with E-state index in [1.54, 1.807) is 0 Å². The smallest absolute Gasteiger partial charge is 0.155 e. The predicted octanol–water partition coefficient (Wildman–Crippen LogP) is 2.94. The van der Waals surface area contributed by atoms with Crippen molar-refractivity contribution >= 4 is 11.6 Å². The number of morpholine rings is 1. The van der Waals surface area contributed by atoms with Gasteiger partial charge in [-0.05, 0) is 31.5 Å². The first kappa shape index (κ1) is 16.4. The number of aromatic nitrogens is 3. The number of hydrogen-bond acceptors (Lipinski definition) is 4. The van der Waals surface area contributed by atoms with Crippen molar-refractivity contribution in [3.05, 3.63) is 46.5 Å². The third kappa shape index (κ3) is 3.91. The number of ether oxygens (including phenoxy) is 1. The Balaban J connectivity index is 1.79. The van der Waals surface area contributed by atoms with Crippen LogP contribution >= 0.6 is 11.6 Å². The standard InChI is InChI=1S/C17H23ClN4O/c1-3-22-17(13(2)21-7-9-23-10-8-21)19-16(20-22)12-14-5-4-6-15(18)11-14/h4-6,11,13H,3,7-10,12H2,1-2H3. The third-order valence-electron chi connectivity index (χ3n) is 4.26. The Labute approximate surface area is 142 Å². The molecule has 6 heteroatoms. The number of aryl methyl sites for hydroxylation is 1. The van der Waals surface area contributed by atoms with E-state index in [-0.39, 0.29) is 6.04 Å². The molecule has 0 amide bonds. The van der Waals surface area contributed by atoms with Crippen LogP contribution in [0.5, 0.6) is 0 Å². The molecular formula is C17H23ClN4O. The molecule has 0 radical (unpaired) electrons. The number of benzene rings is 1. The van der Waals surface area contributed by atoms with Gasteiger partial charge in [-0.3, -0.25) is 4.90 Å². The van der Waals surface area contributed by atoms with Gasteiger partial charge in [0.15, 0.2) is 5.82 Å². The molecular weight excluding hydrogens is 312 g/mol. The molecule has 1 aromatic heterocycles.